The maximum Gasteiger partial charge on any atom is 0.262 e. The van der Waals surface area contributed by atoms with Crippen molar-refractivity contribution < 1.29 is 18.0 Å². The van der Waals surface area contributed by atoms with Crippen LogP contribution in [-0.2, 0) is 14.8 Å². The van der Waals surface area contributed by atoms with Crippen LogP contribution in [-0.4, -0.2) is 44.3 Å². The van der Waals surface area contributed by atoms with Crippen molar-refractivity contribution in [1.29, 1.82) is 0 Å². The monoisotopic (exact) mass is 471 g/mol. The molecule has 0 spiro atoms. The molecule has 2 aromatic rings. The number of amides is 2. The van der Waals surface area contributed by atoms with Crippen LogP contribution in [0.3, 0.4) is 0 Å². The summed E-state index contributed by atoms with van der Waals surface area (Å²) in [6, 6.07) is 9.45. The van der Waals surface area contributed by atoms with Gasteiger partial charge in [0.25, 0.3) is 15.9 Å². The van der Waals surface area contributed by atoms with E-state index in [1.807, 2.05) is 19.9 Å². The minimum Gasteiger partial charge on any atom is -0.354 e. The van der Waals surface area contributed by atoms with Crippen molar-refractivity contribution in [3.8, 4) is 0 Å². The lowest BCUT2D eigenvalue weighted by Gasteiger charge is -2.24. The first-order chi connectivity index (χ1) is 15.6. The summed E-state index contributed by atoms with van der Waals surface area (Å²) in [5, 5.41) is 2.91. The number of benzene rings is 2. The minimum absolute atomic E-state index is 0.128. The Morgan fingerprint density at radius 3 is 2.52 bits per heavy atom. The molecule has 1 atom stereocenters. The molecule has 0 radical (unpaired) electrons. The van der Waals surface area contributed by atoms with Crippen LogP contribution in [0.5, 0.6) is 0 Å². The molecule has 1 aliphatic rings. The van der Waals surface area contributed by atoms with Crippen molar-refractivity contribution in [2.24, 2.45) is 0 Å². The summed E-state index contributed by atoms with van der Waals surface area (Å²) in [4.78, 5) is 27.5. The van der Waals surface area contributed by atoms with Gasteiger partial charge in [-0.2, -0.15) is 0 Å². The second kappa shape index (κ2) is 10.4. The molecule has 33 heavy (non-hydrogen) atoms. The lowest BCUT2D eigenvalue weighted by Crippen LogP contribution is -2.46. The molecule has 0 saturated carbocycles. The zero-order valence-corrected chi connectivity index (χ0v) is 20.6. The highest BCUT2D eigenvalue weighted by Crippen LogP contribution is 2.25. The summed E-state index contributed by atoms with van der Waals surface area (Å²) in [5.41, 5.74) is 3.23. The van der Waals surface area contributed by atoms with E-state index in [0.717, 1.165) is 30.4 Å². The number of aryl methyl sites for hydroxylation is 3. The first-order valence-electron chi connectivity index (χ1n) is 11.4. The van der Waals surface area contributed by atoms with Crippen LogP contribution in [0.4, 0.5) is 5.69 Å². The predicted octanol–water partition coefficient (Wildman–Crippen LogP) is 3.93. The summed E-state index contributed by atoms with van der Waals surface area (Å²) in [5.74, 6) is -0.400. The maximum atomic E-state index is 13.2. The SMILES string of the molecule is CCCCNC(=O)[C@H]1CCCN1C(=O)c1cccc(NS(=O)(=O)c2cc(C)c(C)cc2C)c1. The number of sulfonamides is 1. The number of unbranched alkanes of at least 4 members (excludes halogenated alkanes) is 1. The minimum atomic E-state index is -3.82. The van der Waals surface area contributed by atoms with Gasteiger partial charge in [-0.15, -0.1) is 0 Å². The Kier molecular flexibility index (Phi) is 7.79. The van der Waals surface area contributed by atoms with E-state index in [4.69, 9.17) is 0 Å². The number of likely N-dealkylation sites (tertiary alicyclic amines) is 1. The number of rotatable bonds is 8. The van der Waals surface area contributed by atoms with Crippen LogP contribution in [0.2, 0.25) is 0 Å². The summed E-state index contributed by atoms with van der Waals surface area (Å²) >= 11 is 0. The first-order valence-corrected chi connectivity index (χ1v) is 12.9. The zero-order valence-electron chi connectivity index (χ0n) is 19.8. The number of hydrogen-bond donors (Lipinski definition) is 2. The molecule has 8 heteroatoms. The van der Waals surface area contributed by atoms with E-state index in [-0.39, 0.29) is 16.7 Å². The summed E-state index contributed by atoms with van der Waals surface area (Å²) in [6.45, 7) is 8.74. The lowest BCUT2D eigenvalue weighted by atomic mass is 10.1. The van der Waals surface area contributed by atoms with Crippen molar-refractivity contribution in [1.82, 2.24) is 10.2 Å². The van der Waals surface area contributed by atoms with Crippen molar-refractivity contribution >= 4 is 27.5 Å². The van der Waals surface area contributed by atoms with Crippen LogP contribution < -0.4 is 10.0 Å². The summed E-state index contributed by atoms with van der Waals surface area (Å²) in [7, 11) is -3.82. The predicted molar refractivity (Wildman–Crippen MR) is 130 cm³/mol. The fourth-order valence-electron chi connectivity index (χ4n) is 4.10. The largest absolute Gasteiger partial charge is 0.354 e. The lowest BCUT2D eigenvalue weighted by molar-refractivity contribution is -0.124. The molecule has 1 saturated heterocycles. The standard InChI is InChI=1S/C25H33N3O4S/c1-5-6-12-26-24(29)22-11-8-13-28(22)25(30)20-9-7-10-21(16-20)27-33(31,32)23-15-18(3)17(2)14-19(23)4/h7,9-10,14-16,22,27H,5-6,8,11-13H2,1-4H3,(H,26,29)/t22-/m1/s1. The van der Waals surface area contributed by atoms with Gasteiger partial charge in [0.2, 0.25) is 5.91 Å². The molecule has 1 heterocycles. The van der Waals surface area contributed by atoms with E-state index >= 15 is 0 Å². The number of anilines is 1. The second-order valence-corrected chi connectivity index (χ2v) is 10.3. The normalized spacial score (nSPS) is 16.0. The molecule has 2 aromatic carbocycles. The van der Waals surface area contributed by atoms with Crippen molar-refractivity contribution in [3.05, 3.63) is 58.7 Å². The summed E-state index contributed by atoms with van der Waals surface area (Å²) in [6.07, 6.45) is 3.27. The smallest absolute Gasteiger partial charge is 0.262 e. The van der Waals surface area contributed by atoms with Crippen LogP contribution in [0.25, 0.3) is 0 Å². The molecule has 3 rings (SSSR count). The maximum absolute atomic E-state index is 13.2. The molecule has 0 aliphatic carbocycles. The molecule has 7 nitrogen and oxygen atoms in total. The van der Waals surface area contributed by atoms with Gasteiger partial charge in [-0.3, -0.25) is 14.3 Å². The van der Waals surface area contributed by atoms with E-state index < -0.39 is 16.1 Å². The molecular formula is C25H33N3O4S. The van der Waals surface area contributed by atoms with Gasteiger partial charge >= 0.3 is 0 Å². The third-order valence-corrected chi connectivity index (χ3v) is 7.61. The molecule has 1 fully saturated rings. The van der Waals surface area contributed by atoms with E-state index in [2.05, 4.69) is 17.0 Å². The highest BCUT2D eigenvalue weighted by Gasteiger charge is 2.34. The number of carbonyl (C=O) groups is 2. The quantitative estimate of drug-likeness (QED) is 0.570. The fourth-order valence-corrected chi connectivity index (χ4v) is 5.47. The van der Waals surface area contributed by atoms with Gasteiger partial charge in [0.05, 0.1) is 4.90 Å². The Morgan fingerprint density at radius 2 is 1.79 bits per heavy atom. The third-order valence-electron chi connectivity index (χ3n) is 6.09. The fraction of sp³-hybridized carbons (Fsp3) is 0.440. The molecule has 2 N–H and O–H groups in total. The molecule has 1 aliphatic heterocycles. The van der Waals surface area contributed by atoms with Crippen LogP contribution >= 0.6 is 0 Å². The highest BCUT2D eigenvalue weighted by atomic mass is 32.2. The van der Waals surface area contributed by atoms with Crippen LogP contribution in [0.15, 0.2) is 41.3 Å². The van der Waals surface area contributed by atoms with E-state index in [1.54, 1.807) is 36.1 Å². The number of nitrogens with zero attached hydrogens (tertiary/aromatic N) is 1. The van der Waals surface area contributed by atoms with Crippen LogP contribution in [0.1, 0.15) is 59.7 Å². The van der Waals surface area contributed by atoms with Gasteiger partial charge in [-0.1, -0.05) is 25.5 Å². The second-order valence-electron chi connectivity index (χ2n) is 8.69. The number of hydrogen-bond acceptors (Lipinski definition) is 4. The van der Waals surface area contributed by atoms with Gasteiger partial charge in [0.1, 0.15) is 6.04 Å². The number of nitrogens with one attached hydrogen (secondary N) is 2. The van der Waals surface area contributed by atoms with Gasteiger partial charge in [-0.25, -0.2) is 8.42 Å². The molecular weight excluding hydrogens is 438 g/mol. The summed E-state index contributed by atoms with van der Waals surface area (Å²) < 4.78 is 28.7. The van der Waals surface area contributed by atoms with Crippen molar-refractivity contribution in [2.45, 2.75) is 64.3 Å². The van der Waals surface area contributed by atoms with Crippen molar-refractivity contribution in [3.63, 3.8) is 0 Å². The topological polar surface area (TPSA) is 95.6 Å². The Bertz CT molecular complexity index is 1140. The van der Waals surface area contributed by atoms with E-state index in [1.165, 1.54) is 6.07 Å². The average Bonchev–Trinajstić information content (AvgIpc) is 3.25. The van der Waals surface area contributed by atoms with E-state index in [0.29, 0.717) is 36.3 Å². The molecule has 0 unspecified atom stereocenters. The Hall–Kier alpha value is -2.87. The number of carbonyl (C=O) groups excluding carboxylic acids is 2. The van der Waals surface area contributed by atoms with Gasteiger partial charge in [-0.05, 0) is 81.0 Å². The average molecular weight is 472 g/mol. The van der Waals surface area contributed by atoms with Gasteiger partial charge < -0.3 is 10.2 Å². The van der Waals surface area contributed by atoms with Crippen molar-refractivity contribution in [2.75, 3.05) is 17.8 Å². The Morgan fingerprint density at radius 1 is 1.06 bits per heavy atom. The first kappa shape index (κ1) is 24.8. The molecule has 0 aromatic heterocycles. The third kappa shape index (κ3) is 5.74. The van der Waals surface area contributed by atoms with Gasteiger partial charge in [0.15, 0.2) is 0 Å². The molecule has 178 valence electrons. The Labute approximate surface area is 196 Å². The Balaban J connectivity index is 1.78. The molecule has 0 bridgehead atoms. The van der Waals surface area contributed by atoms with Gasteiger partial charge in [0, 0.05) is 24.3 Å². The van der Waals surface area contributed by atoms with Crippen LogP contribution in [0, 0.1) is 20.8 Å². The molecule has 2 amide bonds. The highest BCUT2D eigenvalue weighted by molar-refractivity contribution is 7.92. The zero-order chi connectivity index (χ0) is 24.2. The van der Waals surface area contributed by atoms with E-state index in [9.17, 15) is 18.0 Å².